The Balaban J connectivity index is 0.00000324. The van der Waals surface area contributed by atoms with Crippen molar-refractivity contribution in [3.63, 3.8) is 0 Å². The monoisotopic (exact) mass is 340 g/mol. The number of benzene rings is 1. The van der Waals surface area contributed by atoms with Crippen molar-refractivity contribution in [3.8, 4) is 0 Å². The van der Waals surface area contributed by atoms with Gasteiger partial charge < -0.3 is 4.55 Å². The van der Waals surface area contributed by atoms with Gasteiger partial charge in [0.15, 0.2) is 0 Å². The Morgan fingerprint density at radius 3 is 1.37 bits per heavy atom. The van der Waals surface area contributed by atoms with Crippen LogP contribution in [-0.2, 0) is 10.1 Å². The Morgan fingerprint density at radius 2 is 1.16 bits per heavy atom. The van der Waals surface area contributed by atoms with Crippen LogP contribution in [0.1, 0.15) is 0 Å². The fourth-order valence-corrected chi connectivity index (χ4v) is 4.86. The summed E-state index contributed by atoms with van der Waals surface area (Å²) >= 11 is 0. The van der Waals surface area contributed by atoms with Gasteiger partial charge in [0.1, 0.15) is 10.1 Å². The average Bonchev–Trinajstić information content (AvgIpc) is 2.13. The summed E-state index contributed by atoms with van der Waals surface area (Å²) in [5.41, 5.74) is 0. The van der Waals surface area contributed by atoms with Gasteiger partial charge in [-0.05, 0) is 12.1 Å². The third-order valence-electron chi connectivity index (χ3n) is 2.93. The van der Waals surface area contributed by atoms with Crippen molar-refractivity contribution in [3.05, 3.63) is 18.2 Å². The van der Waals surface area contributed by atoms with Crippen molar-refractivity contribution in [2.45, 2.75) is 44.2 Å². The van der Waals surface area contributed by atoms with Crippen LogP contribution in [0.15, 0.2) is 23.1 Å². The van der Waals surface area contributed by atoms with E-state index in [2.05, 4.69) is 45.3 Å². The van der Waals surface area contributed by atoms with Crippen molar-refractivity contribution in [1.29, 1.82) is 0 Å². The molecule has 0 aliphatic heterocycles. The number of hydrogen-bond donors (Lipinski definition) is 0. The van der Waals surface area contributed by atoms with E-state index in [1.165, 1.54) is 0 Å². The van der Waals surface area contributed by atoms with Crippen LogP contribution < -0.4 is 61.8 Å². The molecule has 0 spiro atoms. The van der Waals surface area contributed by atoms with Gasteiger partial charge in [0.2, 0.25) is 0 Å². The fourth-order valence-electron chi connectivity index (χ4n) is 1.61. The van der Waals surface area contributed by atoms with Crippen LogP contribution in [0.2, 0.25) is 39.3 Å². The predicted octanol–water partition coefficient (Wildman–Crippen LogP) is -1.31. The molecule has 7 heteroatoms. The van der Waals surface area contributed by atoms with Gasteiger partial charge in [-0.3, -0.25) is 0 Å². The first-order valence-corrected chi connectivity index (χ1v) is 14.3. The van der Waals surface area contributed by atoms with Gasteiger partial charge in [-0.25, -0.2) is 8.42 Å². The third kappa shape index (κ3) is 5.84. The molecule has 0 aromatic heterocycles. The zero-order chi connectivity index (χ0) is 14.4. The zero-order valence-corrected chi connectivity index (χ0v) is 18.8. The van der Waals surface area contributed by atoms with E-state index >= 15 is 0 Å². The molecule has 0 bridgehead atoms. The molecule has 0 amide bonds. The standard InChI is InChI=1S/C12H22O3SSi2.K/c1-17(2,3)11-7-10(16(13,14)15)8-12(9-11)18(4,5)6;/h7-9H,1-6H3,(H,13,14,15);/q;+1/p-1. The van der Waals surface area contributed by atoms with Gasteiger partial charge in [-0.2, -0.15) is 0 Å². The number of hydrogen-bond acceptors (Lipinski definition) is 3. The van der Waals surface area contributed by atoms with Crippen molar-refractivity contribution < 1.29 is 64.4 Å². The third-order valence-corrected chi connectivity index (χ3v) is 7.78. The molecule has 0 N–H and O–H groups in total. The fraction of sp³-hybridized carbons (Fsp3) is 0.500. The Labute approximate surface area is 161 Å². The van der Waals surface area contributed by atoms with Crippen LogP contribution in [-0.4, -0.2) is 29.1 Å². The average molecular weight is 341 g/mol. The van der Waals surface area contributed by atoms with E-state index < -0.39 is 26.3 Å². The maximum absolute atomic E-state index is 11.3. The molecule has 0 saturated heterocycles. The molecule has 102 valence electrons. The molecule has 0 fully saturated rings. The summed E-state index contributed by atoms with van der Waals surface area (Å²) in [5.74, 6) is 0. The molecule has 0 saturated carbocycles. The molecule has 0 aliphatic rings. The second-order valence-electron chi connectivity index (χ2n) is 6.70. The zero-order valence-electron chi connectivity index (χ0n) is 12.9. The molecule has 0 aliphatic carbocycles. The molecule has 19 heavy (non-hydrogen) atoms. The van der Waals surface area contributed by atoms with E-state index in [1.807, 2.05) is 0 Å². The Bertz CT molecular complexity index is 525. The van der Waals surface area contributed by atoms with E-state index in [1.54, 1.807) is 12.1 Å². The minimum absolute atomic E-state index is 0. The van der Waals surface area contributed by atoms with Crippen LogP contribution in [0.5, 0.6) is 0 Å². The van der Waals surface area contributed by atoms with E-state index in [0.717, 1.165) is 10.4 Å². The summed E-state index contributed by atoms with van der Waals surface area (Å²) in [4.78, 5) is -0.0696. The molecule has 3 nitrogen and oxygen atoms in total. The Morgan fingerprint density at radius 1 is 0.842 bits per heavy atom. The minimum atomic E-state index is -4.37. The maximum Gasteiger partial charge on any atom is 1.00 e. The van der Waals surface area contributed by atoms with E-state index in [9.17, 15) is 13.0 Å². The Hall–Kier alpha value is 1.20. The summed E-state index contributed by atoms with van der Waals surface area (Å²) in [6.45, 7) is 12.9. The number of rotatable bonds is 3. The van der Waals surface area contributed by atoms with E-state index in [0.29, 0.717) is 0 Å². The first-order chi connectivity index (χ1) is 7.82. The van der Waals surface area contributed by atoms with Gasteiger partial charge in [0.05, 0.1) is 21.0 Å². The molecule has 1 aromatic rings. The maximum atomic E-state index is 11.3. The van der Waals surface area contributed by atoms with Crippen LogP contribution in [0.3, 0.4) is 0 Å². The van der Waals surface area contributed by atoms with Crippen LogP contribution in [0.25, 0.3) is 0 Å². The van der Waals surface area contributed by atoms with Gasteiger partial charge in [0.25, 0.3) is 0 Å². The molecular weight excluding hydrogens is 319 g/mol. The molecular formula is C12H21KO3SSi2. The van der Waals surface area contributed by atoms with Crippen molar-refractivity contribution in [2.24, 2.45) is 0 Å². The second kappa shape index (κ2) is 6.53. The normalized spacial score (nSPS) is 13.0. The summed E-state index contributed by atoms with van der Waals surface area (Å²) in [6, 6.07) is 5.24. The minimum Gasteiger partial charge on any atom is -0.744 e. The van der Waals surface area contributed by atoms with Crippen LogP contribution in [0.4, 0.5) is 0 Å². The van der Waals surface area contributed by atoms with Gasteiger partial charge in [-0.15, -0.1) is 0 Å². The predicted molar refractivity (Wildman–Crippen MR) is 80.4 cm³/mol. The smallest absolute Gasteiger partial charge is 0.744 e. The first kappa shape index (κ1) is 20.2. The van der Waals surface area contributed by atoms with Crippen molar-refractivity contribution in [2.75, 3.05) is 0 Å². The molecule has 1 aromatic carbocycles. The summed E-state index contributed by atoms with van der Waals surface area (Å²) < 4.78 is 33.8. The SMILES string of the molecule is C[Si](C)(C)c1cc([Si](C)(C)C)cc(S(=O)(=O)[O-])c1.[K+]. The van der Waals surface area contributed by atoms with Crippen LogP contribution in [0, 0.1) is 0 Å². The first-order valence-electron chi connectivity index (χ1n) is 5.94. The van der Waals surface area contributed by atoms with E-state index in [4.69, 9.17) is 0 Å². The molecule has 0 radical (unpaired) electrons. The summed E-state index contributed by atoms with van der Waals surface area (Å²) in [6.07, 6.45) is 0. The van der Waals surface area contributed by atoms with Gasteiger partial charge in [-0.1, -0.05) is 55.7 Å². The largest absolute Gasteiger partial charge is 1.00 e. The van der Waals surface area contributed by atoms with Crippen molar-refractivity contribution in [1.82, 2.24) is 0 Å². The molecule has 0 unspecified atom stereocenters. The molecule has 1 rings (SSSR count). The quantitative estimate of drug-likeness (QED) is 0.507. The summed E-state index contributed by atoms with van der Waals surface area (Å²) in [7, 11) is -7.64. The molecule has 0 heterocycles. The second-order valence-corrected chi connectivity index (χ2v) is 18.2. The van der Waals surface area contributed by atoms with Gasteiger partial charge in [0, 0.05) is 0 Å². The summed E-state index contributed by atoms with van der Waals surface area (Å²) in [5, 5.41) is 2.08. The van der Waals surface area contributed by atoms with Crippen LogP contribution >= 0.6 is 0 Å². The molecule has 0 atom stereocenters. The van der Waals surface area contributed by atoms with E-state index in [-0.39, 0.29) is 56.3 Å². The van der Waals surface area contributed by atoms with Gasteiger partial charge >= 0.3 is 51.4 Å². The topological polar surface area (TPSA) is 57.2 Å². The van der Waals surface area contributed by atoms with Crippen molar-refractivity contribution >= 4 is 36.6 Å². The Kier molecular flexibility index (Phi) is 6.95.